The highest BCUT2D eigenvalue weighted by atomic mass is 35.5. The predicted molar refractivity (Wildman–Crippen MR) is 135 cm³/mol. The molecule has 0 aromatic heterocycles. The van der Waals surface area contributed by atoms with Crippen LogP contribution >= 0.6 is 11.6 Å². The Morgan fingerprint density at radius 3 is 2.42 bits per heavy atom. The highest BCUT2D eigenvalue weighted by Crippen LogP contribution is 2.34. The van der Waals surface area contributed by atoms with Crippen molar-refractivity contribution in [3.8, 4) is 5.75 Å². The number of hydrogen-bond acceptors (Lipinski definition) is 6. The minimum atomic E-state index is -4.07. The summed E-state index contributed by atoms with van der Waals surface area (Å²) in [5.74, 6) is -0.808. The number of esters is 1. The SMILES string of the molecule is COC(=O)[C@H]1CN(C(=O)CN(Cc2ccccc2C)S(=O)(=O)c2ccc(Cl)cc2)c2ccccc2O1. The number of carbonyl (C=O) groups is 2. The summed E-state index contributed by atoms with van der Waals surface area (Å²) < 4.78 is 39.0. The fourth-order valence-corrected chi connectivity index (χ4v) is 5.41. The number of rotatable bonds is 7. The van der Waals surface area contributed by atoms with Crippen molar-refractivity contribution in [3.63, 3.8) is 0 Å². The van der Waals surface area contributed by atoms with Crippen LogP contribution in [0.5, 0.6) is 5.75 Å². The number of anilines is 1. The number of halogens is 1. The number of methoxy groups -OCH3 is 1. The van der Waals surface area contributed by atoms with Gasteiger partial charge in [-0.3, -0.25) is 4.79 Å². The van der Waals surface area contributed by atoms with Crippen molar-refractivity contribution < 1.29 is 27.5 Å². The summed E-state index contributed by atoms with van der Waals surface area (Å²) in [7, 11) is -2.84. The van der Waals surface area contributed by atoms with Crippen molar-refractivity contribution in [1.82, 2.24) is 4.31 Å². The molecule has 0 radical (unpaired) electrons. The largest absolute Gasteiger partial charge is 0.475 e. The first-order valence-electron chi connectivity index (χ1n) is 11.1. The van der Waals surface area contributed by atoms with Crippen LogP contribution in [0.2, 0.25) is 5.02 Å². The second-order valence-electron chi connectivity index (χ2n) is 8.26. The molecule has 0 spiro atoms. The molecule has 1 aliphatic rings. The number of sulfonamides is 1. The molecule has 36 heavy (non-hydrogen) atoms. The number of amides is 1. The Kier molecular flexibility index (Phi) is 7.63. The minimum absolute atomic E-state index is 0.0168. The maximum atomic E-state index is 13.7. The van der Waals surface area contributed by atoms with E-state index in [1.165, 1.54) is 36.3 Å². The van der Waals surface area contributed by atoms with E-state index in [1.54, 1.807) is 24.3 Å². The summed E-state index contributed by atoms with van der Waals surface area (Å²) in [6.07, 6.45) is -1.04. The van der Waals surface area contributed by atoms with E-state index in [2.05, 4.69) is 0 Å². The number of para-hydroxylation sites is 2. The van der Waals surface area contributed by atoms with E-state index in [0.717, 1.165) is 15.4 Å². The Hall–Kier alpha value is -3.40. The molecule has 3 aromatic rings. The van der Waals surface area contributed by atoms with Gasteiger partial charge in [-0.15, -0.1) is 0 Å². The molecule has 4 rings (SSSR count). The van der Waals surface area contributed by atoms with Crippen LogP contribution in [-0.2, 0) is 30.9 Å². The fourth-order valence-electron chi connectivity index (χ4n) is 3.92. The van der Waals surface area contributed by atoms with Crippen molar-refractivity contribution in [1.29, 1.82) is 0 Å². The number of carbonyl (C=O) groups excluding carboxylic acids is 2. The van der Waals surface area contributed by atoms with E-state index in [1.807, 2.05) is 31.2 Å². The van der Waals surface area contributed by atoms with Crippen LogP contribution in [0.15, 0.2) is 77.7 Å². The molecular weight excluding hydrogens is 504 g/mol. The maximum absolute atomic E-state index is 13.7. The Morgan fingerprint density at radius 1 is 1.06 bits per heavy atom. The van der Waals surface area contributed by atoms with Crippen LogP contribution < -0.4 is 9.64 Å². The predicted octanol–water partition coefficient (Wildman–Crippen LogP) is 3.81. The van der Waals surface area contributed by atoms with E-state index in [-0.39, 0.29) is 18.0 Å². The van der Waals surface area contributed by atoms with Gasteiger partial charge < -0.3 is 14.4 Å². The molecular formula is C26H25ClN2O6S. The van der Waals surface area contributed by atoms with Gasteiger partial charge in [-0.25, -0.2) is 13.2 Å². The molecule has 188 valence electrons. The zero-order valence-corrected chi connectivity index (χ0v) is 21.3. The Morgan fingerprint density at radius 2 is 1.72 bits per heavy atom. The van der Waals surface area contributed by atoms with Crippen molar-refractivity contribution in [2.45, 2.75) is 24.5 Å². The zero-order chi connectivity index (χ0) is 25.9. The van der Waals surface area contributed by atoms with E-state index in [9.17, 15) is 18.0 Å². The molecule has 1 amide bonds. The highest BCUT2D eigenvalue weighted by molar-refractivity contribution is 7.89. The Labute approximate surface area is 215 Å². The summed E-state index contributed by atoms with van der Waals surface area (Å²) in [5, 5.41) is 0.397. The standard InChI is InChI=1S/C26H25ClN2O6S/c1-18-7-3-4-8-19(18)15-28(36(32,33)21-13-11-20(27)12-14-21)17-25(30)29-16-24(26(31)34-2)35-23-10-6-5-9-22(23)29/h3-14,24H,15-17H2,1-2H3/t24-/m1/s1. The van der Waals surface area contributed by atoms with Crippen molar-refractivity contribution >= 4 is 39.2 Å². The van der Waals surface area contributed by atoms with Gasteiger partial charge in [-0.1, -0.05) is 48.0 Å². The van der Waals surface area contributed by atoms with Crippen LogP contribution in [0.1, 0.15) is 11.1 Å². The molecule has 0 unspecified atom stereocenters. The van der Waals surface area contributed by atoms with Gasteiger partial charge in [0.05, 0.1) is 30.8 Å². The molecule has 0 aliphatic carbocycles. The first-order valence-corrected chi connectivity index (χ1v) is 13.0. The van der Waals surface area contributed by atoms with Gasteiger partial charge in [0, 0.05) is 11.6 Å². The van der Waals surface area contributed by atoms with Crippen LogP contribution in [0.25, 0.3) is 0 Å². The summed E-state index contributed by atoms with van der Waals surface area (Å²) in [6.45, 7) is 1.29. The fraction of sp³-hybridized carbons (Fsp3) is 0.231. The number of nitrogens with zero attached hydrogens (tertiary/aromatic N) is 2. The van der Waals surface area contributed by atoms with E-state index in [4.69, 9.17) is 21.1 Å². The van der Waals surface area contributed by atoms with Gasteiger partial charge in [0.2, 0.25) is 22.0 Å². The average Bonchev–Trinajstić information content (AvgIpc) is 2.88. The first-order chi connectivity index (χ1) is 17.2. The third kappa shape index (κ3) is 5.38. The molecule has 0 bridgehead atoms. The van der Waals surface area contributed by atoms with Crippen LogP contribution in [0, 0.1) is 6.92 Å². The third-order valence-corrected chi connectivity index (χ3v) is 7.97. The molecule has 1 atom stereocenters. The molecule has 8 nitrogen and oxygen atoms in total. The third-order valence-electron chi connectivity index (χ3n) is 5.91. The van der Waals surface area contributed by atoms with Gasteiger partial charge in [-0.2, -0.15) is 4.31 Å². The van der Waals surface area contributed by atoms with Crippen LogP contribution in [0.4, 0.5) is 5.69 Å². The lowest BCUT2D eigenvalue weighted by atomic mass is 10.1. The number of fused-ring (bicyclic) bond motifs is 1. The second-order valence-corrected chi connectivity index (χ2v) is 10.6. The van der Waals surface area contributed by atoms with Crippen molar-refractivity contribution in [2.24, 2.45) is 0 Å². The van der Waals surface area contributed by atoms with E-state index in [0.29, 0.717) is 16.5 Å². The second kappa shape index (κ2) is 10.7. The Balaban J connectivity index is 1.70. The van der Waals surface area contributed by atoms with E-state index >= 15 is 0 Å². The summed E-state index contributed by atoms with van der Waals surface area (Å²) in [5.41, 5.74) is 2.10. The molecule has 0 fully saturated rings. The summed E-state index contributed by atoms with van der Waals surface area (Å²) >= 11 is 5.96. The molecule has 3 aromatic carbocycles. The maximum Gasteiger partial charge on any atom is 0.348 e. The van der Waals surface area contributed by atoms with Crippen LogP contribution in [0.3, 0.4) is 0 Å². The Bertz CT molecular complexity index is 1380. The van der Waals surface area contributed by atoms with Crippen molar-refractivity contribution in [3.05, 3.63) is 88.9 Å². The highest BCUT2D eigenvalue weighted by Gasteiger charge is 2.36. The van der Waals surface area contributed by atoms with E-state index < -0.39 is 34.5 Å². The normalized spacial score (nSPS) is 15.2. The minimum Gasteiger partial charge on any atom is -0.475 e. The number of benzene rings is 3. The summed E-state index contributed by atoms with van der Waals surface area (Å²) in [4.78, 5) is 27.2. The topological polar surface area (TPSA) is 93.2 Å². The van der Waals surface area contributed by atoms with Gasteiger partial charge in [0.1, 0.15) is 5.75 Å². The zero-order valence-electron chi connectivity index (χ0n) is 19.8. The van der Waals surface area contributed by atoms with Crippen molar-refractivity contribution in [2.75, 3.05) is 25.1 Å². The molecule has 0 N–H and O–H groups in total. The number of aryl methyl sites for hydroxylation is 1. The lowest BCUT2D eigenvalue weighted by Crippen LogP contribution is -2.50. The first kappa shape index (κ1) is 25.7. The molecule has 0 saturated carbocycles. The van der Waals surface area contributed by atoms with Crippen LogP contribution in [-0.4, -0.2) is 50.9 Å². The lowest BCUT2D eigenvalue weighted by molar-refractivity contribution is -0.148. The van der Waals surface area contributed by atoms with Gasteiger partial charge in [0.15, 0.2) is 0 Å². The molecule has 0 saturated heterocycles. The van der Waals surface area contributed by atoms with Gasteiger partial charge in [-0.05, 0) is 54.4 Å². The van der Waals surface area contributed by atoms with Gasteiger partial charge >= 0.3 is 5.97 Å². The summed E-state index contributed by atoms with van der Waals surface area (Å²) in [6, 6.07) is 19.9. The number of hydrogen-bond donors (Lipinski definition) is 0. The quantitative estimate of drug-likeness (QED) is 0.433. The average molecular weight is 529 g/mol. The number of ether oxygens (including phenoxy) is 2. The molecule has 1 aliphatic heterocycles. The van der Waals surface area contributed by atoms with Gasteiger partial charge in [0.25, 0.3) is 0 Å². The molecule has 10 heteroatoms. The smallest absolute Gasteiger partial charge is 0.348 e. The molecule has 1 heterocycles. The lowest BCUT2D eigenvalue weighted by Gasteiger charge is -2.34. The monoisotopic (exact) mass is 528 g/mol.